The first-order valence-corrected chi connectivity index (χ1v) is 15.1. The van der Waals surface area contributed by atoms with Crippen molar-refractivity contribution in [2.45, 2.75) is 44.9 Å². The standard InChI is InChI=1S/C29H39N3O4.C4H4O4/c1-31(2)20-25-27(33-17-14-22-6-4-3-5-7-22)11-9-24-26(30-36-29(24)25)10-8-23-12-15-32(16-13-23)21-28-34-18-19-35-28;5-3(6)1-2-4(7)8/h3-7,9,11,23,28H,8,10,12-21H2,1-2H3;1-2H,(H,5,6)(H,7,8). The molecule has 1 aromatic heterocycles. The number of carboxylic acid groups (broad SMARTS) is 2. The van der Waals surface area contributed by atoms with Crippen LogP contribution in [-0.4, -0.2) is 96.9 Å². The highest BCUT2D eigenvalue weighted by atomic mass is 16.7. The van der Waals surface area contributed by atoms with Crippen LogP contribution in [-0.2, 0) is 38.4 Å². The SMILES string of the molecule is CN(C)Cc1c(OCCc2ccccc2)ccc2c(CCC3CCN(CC4OCCO4)CC3)noc12.O=C(O)C=CC(=O)O. The van der Waals surface area contributed by atoms with Crippen LogP contribution in [0.15, 0.2) is 59.1 Å². The number of aromatic nitrogens is 1. The lowest BCUT2D eigenvalue weighted by Crippen LogP contribution is -2.39. The molecule has 44 heavy (non-hydrogen) atoms. The highest BCUT2D eigenvalue weighted by Gasteiger charge is 2.25. The molecule has 0 spiro atoms. The van der Waals surface area contributed by atoms with Gasteiger partial charge in [0.15, 0.2) is 11.9 Å². The molecule has 0 bridgehead atoms. The number of hydrogen-bond acceptors (Lipinski definition) is 9. The molecule has 11 heteroatoms. The van der Waals surface area contributed by atoms with E-state index < -0.39 is 11.9 Å². The summed E-state index contributed by atoms with van der Waals surface area (Å²) in [6.07, 6.45) is 6.48. The van der Waals surface area contributed by atoms with Crippen LogP contribution in [0.1, 0.15) is 36.1 Å². The number of aryl methyl sites for hydroxylation is 1. The summed E-state index contributed by atoms with van der Waals surface area (Å²) < 4.78 is 23.4. The Labute approximate surface area is 258 Å². The highest BCUT2D eigenvalue weighted by molar-refractivity contribution is 5.89. The summed E-state index contributed by atoms with van der Waals surface area (Å²) in [5.41, 5.74) is 4.29. The van der Waals surface area contributed by atoms with Crippen molar-refractivity contribution in [3.8, 4) is 5.75 Å². The predicted molar refractivity (Wildman–Crippen MR) is 165 cm³/mol. The minimum Gasteiger partial charge on any atom is -0.493 e. The van der Waals surface area contributed by atoms with Gasteiger partial charge in [0.25, 0.3) is 0 Å². The lowest BCUT2D eigenvalue weighted by Gasteiger charge is -2.32. The van der Waals surface area contributed by atoms with Crippen LogP contribution in [0, 0.1) is 5.92 Å². The number of hydrogen-bond donors (Lipinski definition) is 2. The lowest BCUT2D eigenvalue weighted by molar-refractivity contribution is -0.134. The largest absolute Gasteiger partial charge is 0.493 e. The van der Waals surface area contributed by atoms with E-state index in [2.05, 4.69) is 65.5 Å². The Hall–Kier alpha value is -3.77. The van der Waals surface area contributed by atoms with Crippen molar-refractivity contribution in [1.82, 2.24) is 15.0 Å². The second kappa shape index (κ2) is 16.9. The van der Waals surface area contributed by atoms with Gasteiger partial charge in [-0.25, -0.2) is 9.59 Å². The number of likely N-dealkylation sites (tertiary alicyclic amines) is 1. The van der Waals surface area contributed by atoms with Crippen LogP contribution in [0.4, 0.5) is 0 Å². The number of piperidine rings is 1. The second-order valence-corrected chi connectivity index (χ2v) is 11.3. The van der Waals surface area contributed by atoms with Gasteiger partial charge in [0, 0.05) is 37.0 Å². The van der Waals surface area contributed by atoms with Gasteiger partial charge in [-0.15, -0.1) is 0 Å². The number of rotatable bonds is 13. The van der Waals surface area contributed by atoms with Crippen LogP contribution >= 0.6 is 0 Å². The van der Waals surface area contributed by atoms with Gasteiger partial charge in [-0.2, -0.15) is 0 Å². The van der Waals surface area contributed by atoms with E-state index in [9.17, 15) is 9.59 Å². The number of carboxylic acids is 2. The third-order valence-electron chi connectivity index (χ3n) is 7.70. The molecule has 0 radical (unpaired) electrons. The smallest absolute Gasteiger partial charge is 0.328 e. The Morgan fingerprint density at radius 2 is 1.68 bits per heavy atom. The molecule has 3 aromatic rings. The molecule has 0 unspecified atom stereocenters. The molecule has 2 aromatic carbocycles. The maximum atomic E-state index is 9.55. The minimum absolute atomic E-state index is 0.0355. The maximum absolute atomic E-state index is 9.55. The quantitative estimate of drug-likeness (QED) is 0.270. The summed E-state index contributed by atoms with van der Waals surface area (Å²) in [4.78, 5) is 23.7. The van der Waals surface area contributed by atoms with Gasteiger partial charge in [-0.1, -0.05) is 35.5 Å². The Morgan fingerprint density at radius 3 is 2.32 bits per heavy atom. The molecule has 238 valence electrons. The van der Waals surface area contributed by atoms with Crippen LogP contribution in [0.3, 0.4) is 0 Å². The fourth-order valence-electron chi connectivity index (χ4n) is 5.46. The first-order valence-electron chi connectivity index (χ1n) is 15.1. The minimum atomic E-state index is -1.26. The number of ether oxygens (including phenoxy) is 3. The fourth-order valence-corrected chi connectivity index (χ4v) is 5.46. The van der Waals surface area contributed by atoms with Crippen molar-refractivity contribution in [2.75, 3.05) is 53.6 Å². The molecule has 2 aliphatic rings. The van der Waals surface area contributed by atoms with E-state index in [4.69, 9.17) is 28.9 Å². The molecular formula is C33H43N3O8. The van der Waals surface area contributed by atoms with Gasteiger partial charge < -0.3 is 33.8 Å². The van der Waals surface area contributed by atoms with E-state index in [-0.39, 0.29) is 6.29 Å². The van der Waals surface area contributed by atoms with E-state index in [1.165, 1.54) is 18.4 Å². The average Bonchev–Trinajstić information content (AvgIpc) is 3.67. The molecule has 2 fully saturated rings. The number of aliphatic carboxylic acids is 2. The Bertz CT molecular complexity index is 1340. The number of nitrogens with zero attached hydrogens (tertiary/aromatic N) is 3. The second-order valence-electron chi connectivity index (χ2n) is 11.3. The van der Waals surface area contributed by atoms with Gasteiger partial charge in [-0.05, 0) is 76.5 Å². The predicted octanol–water partition coefficient (Wildman–Crippen LogP) is 4.24. The summed E-state index contributed by atoms with van der Waals surface area (Å²) in [6.45, 7) is 5.96. The number of fused-ring (bicyclic) bond motifs is 1. The van der Waals surface area contributed by atoms with E-state index in [0.717, 1.165) is 92.5 Å². The molecule has 0 aliphatic carbocycles. The van der Waals surface area contributed by atoms with Gasteiger partial charge in [0.05, 0.1) is 31.1 Å². The molecule has 3 heterocycles. The van der Waals surface area contributed by atoms with Crippen LogP contribution in [0.25, 0.3) is 11.0 Å². The maximum Gasteiger partial charge on any atom is 0.328 e. The Morgan fingerprint density at radius 1 is 1.00 bits per heavy atom. The van der Waals surface area contributed by atoms with Crippen LogP contribution in [0.5, 0.6) is 5.75 Å². The zero-order valence-electron chi connectivity index (χ0n) is 25.5. The highest BCUT2D eigenvalue weighted by Crippen LogP contribution is 2.33. The molecule has 2 N–H and O–H groups in total. The van der Waals surface area contributed by atoms with Gasteiger partial charge in [0.1, 0.15) is 5.75 Å². The summed E-state index contributed by atoms with van der Waals surface area (Å²) >= 11 is 0. The molecule has 0 amide bonds. The molecule has 0 atom stereocenters. The van der Waals surface area contributed by atoms with E-state index in [1.54, 1.807) is 0 Å². The topological polar surface area (TPSA) is 135 Å². The van der Waals surface area contributed by atoms with Gasteiger partial charge in [-0.3, -0.25) is 4.90 Å². The molecule has 0 saturated carbocycles. The van der Waals surface area contributed by atoms with E-state index >= 15 is 0 Å². The van der Waals surface area contributed by atoms with Crippen molar-refractivity contribution in [3.05, 3.63) is 71.4 Å². The van der Waals surface area contributed by atoms with Crippen molar-refractivity contribution < 1.29 is 38.5 Å². The van der Waals surface area contributed by atoms with Gasteiger partial charge in [0.2, 0.25) is 0 Å². The van der Waals surface area contributed by atoms with E-state index in [1.807, 2.05) is 6.07 Å². The molecule has 5 rings (SSSR count). The zero-order chi connectivity index (χ0) is 31.3. The molecular weight excluding hydrogens is 566 g/mol. The van der Waals surface area contributed by atoms with Crippen molar-refractivity contribution in [1.29, 1.82) is 0 Å². The van der Waals surface area contributed by atoms with Crippen molar-refractivity contribution >= 4 is 22.9 Å². The zero-order valence-corrected chi connectivity index (χ0v) is 25.5. The molecule has 2 saturated heterocycles. The van der Waals surface area contributed by atoms with E-state index in [0.29, 0.717) is 18.8 Å². The number of carbonyl (C=O) groups is 2. The van der Waals surface area contributed by atoms with Crippen molar-refractivity contribution in [3.63, 3.8) is 0 Å². The number of benzene rings is 2. The first kappa shape index (κ1) is 33.1. The summed E-state index contributed by atoms with van der Waals surface area (Å²) in [7, 11) is 4.14. The first-order chi connectivity index (χ1) is 21.3. The summed E-state index contributed by atoms with van der Waals surface area (Å²) in [5.74, 6) is -0.905. The average molecular weight is 610 g/mol. The Balaban J connectivity index is 0.000000488. The fraction of sp³-hybridized carbons (Fsp3) is 0.485. The van der Waals surface area contributed by atoms with Crippen LogP contribution in [0.2, 0.25) is 0 Å². The third kappa shape index (κ3) is 10.4. The lowest BCUT2D eigenvalue weighted by atomic mass is 9.91. The summed E-state index contributed by atoms with van der Waals surface area (Å²) in [5, 5.41) is 21.3. The van der Waals surface area contributed by atoms with Crippen LogP contribution < -0.4 is 4.74 Å². The molecule has 11 nitrogen and oxygen atoms in total. The van der Waals surface area contributed by atoms with Crippen molar-refractivity contribution in [2.24, 2.45) is 5.92 Å². The monoisotopic (exact) mass is 609 g/mol. The summed E-state index contributed by atoms with van der Waals surface area (Å²) in [6, 6.07) is 14.7. The molecule has 2 aliphatic heterocycles. The normalized spacial score (nSPS) is 16.4. The third-order valence-corrected chi connectivity index (χ3v) is 7.70. The van der Waals surface area contributed by atoms with Gasteiger partial charge >= 0.3 is 11.9 Å². The Kier molecular flexibility index (Phi) is 12.7.